The van der Waals surface area contributed by atoms with E-state index in [0.29, 0.717) is 10.6 Å². The Balaban J connectivity index is 1.64. The van der Waals surface area contributed by atoms with E-state index < -0.39 is 16.9 Å². The molecule has 7 nitrogen and oxygen atoms in total. The van der Waals surface area contributed by atoms with Crippen LogP contribution in [-0.4, -0.2) is 15.9 Å². The minimum atomic E-state index is -0.858. The number of rotatable bonds is 6. The predicted octanol–water partition coefficient (Wildman–Crippen LogP) is 3.91. The molecule has 0 bridgehead atoms. The van der Waals surface area contributed by atoms with Crippen molar-refractivity contribution < 1.29 is 19.2 Å². The lowest BCUT2D eigenvalue weighted by Crippen LogP contribution is -2.22. The average molecular weight is 393 g/mol. The first-order chi connectivity index (χ1) is 12.5. The molecule has 0 saturated carbocycles. The topological polar surface area (TPSA) is 106 Å². The van der Waals surface area contributed by atoms with Crippen LogP contribution in [0.1, 0.15) is 32.0 Å². The first-order valence-electron chi connectivity index (χ1n) is 7.48. The zero-order valence-corrected chi connectivity index (χ0v) is 14.8. The van der Waals surface area contributed by atoms with E-state index in [4.69, 9.17) is 16.0 Å². The van der Waals surface area contributed by atoms with Gasteiger partial charge in [0.05, 0.1) is 28.3 Å². The second kappa shape index (κ2) is 7.69. The number of nitro benzene ring substituents is 1. The van der Waals surface area contributed by atoms with Crippen molar-refractivity contribution in [2.24, 2.45) is 0 Å². The number of thiophene rings is 1. The molecule has 0 fully saturated rings. The fourth-order valence-corrected chi connectivity index (χ4v) is 3.50. The van der Waals surface area contributed by atoms with Crippen LogP contribution >= 0.6 is 22.9 Å². The van der Waals surface area contributed by atoms with Crippen LogP contribution in [0.2, 0.25) is 5.02 Å². The normalized spacial score (nSPS) is 11.9. The Morgan fingerprint density at radius 1 is 1.35 bits per heavy atom. The average Bonchev–Trinajstić information content (AvgIpc) is 3.30. The maximum Gasteiger partial charge on any atom is 0.270 e. The van der Waals surface area contributed by atoms with Crippen molar-refractivity contribution in [3.05, 3.63) is 84.9 Å². The number of amides is 1. The molecule has 1 unspecified atom stereocenters. The number of furan rings is 1. The first-order valence-corrected chi connectivity index (χ1v) is 8.67. The van der Waals surface area contributed by atoms with Crippen LogP contribution in [-0.2, 0) is 6.54 Å². The number of aliphatic hydroxyl groups is 1. The van der Waals surface area contributed by atoms with Gasteiger partial charge in [0.1, 0.15) is 11.9 Å². The molecule has 1 atom stereocenters. The molecule has 2 aromatic heterocycles. The standard InChI is InChI=1S/C17H13ClN2O5S/c18-13-8-10(20(23)24)3-5-12(13)17(22)19-9-11-4-6-15(26-11)16(21)14-2-1-7-25-14/h1-8,16,21H,9H2,(H,19,22). The van der Waals surface area contributed by atoms with E-state index in [1.165, 1.54) is 29.7 Å². The Bertz CT molecular complexity index is 939. The van der Waals surface area contributed by atoms with E-state index in [0.717, 1.165) is 10.9 Å². The molecule has 3 aromatic rings. The van der Waals surface area contributed by atoms with Crippen molar-refractivity contribution in [1.82, 2.24) is 5.32 Å². The molecule has 0 aliphatic rings. The molecule has 0 saturated heterocycles. The Morgan fingerprint density at radius 3 is 2.81 bits per heavy atom. The number of non-ortho nitro benzene ring substituents is 1. The van der Waals surface area contributed by atoms with Gasteiger partial charge >= 0.3 is 0 Å². The Labute approximate surface area is 157 Å². The maximum absolute atomic E-state index is 12.2. The summed E-state index contributed by atoms with van der Waals surface area (Å²) in [6.07, 6.45) is 0.630. The summed E-state index contributed by atoms with van der Waals surface area (Å²) in [4.78, 5) is 23.9. The summed E-state index contributed by atoms with van der Waals surface area (Å²) in [6, 6.07) is 10.6. The van der Waals surface area contributed by atoms with Crippen LogP contribution in [0.5, 0.6) is 0 Å². The van der Waals surface area contributed by atoms with Crippen LogP contribution in [0.15, 0.2) is 53.1 Å². The number of hydrogen-bond donors (Lipinski definition) is 2. The number of nitro groups is 1. The highest BCUT2D eigenvalue weighted by Crippen LogP contribution is 2.29. The summed E-state index contributed by atoms with van der Waals surface area (Å²) in [6.45, 7) is 0.238. The smallest absolute Gasteiger partial charge is 0.270 e. The summed E-state index contributed by atoms with van der Waals surface area (Å²) in [7, 11) is 0. The Kier molecular flexibility index (Phi) is 5.36. The van der Waals surface area contributed by atoms with E-state index in [2.05, 4.69) is 5.32 Å². The van der Waals surface area contributed by atoms with Crippen LogP contribution in [0.4, 0.5) is 5.69 Å². The highest BCUT2D eigenvalue weighted by Gasteiger charge is 2.17. The van der Waals surface area contributed by atoms with Crippen LogP contribution in [0.3, 0.4) is 0 Å². The van der Waals surface area contributed by atoms with Crippen LogP contribution in [0, 0.1) is 10.1 Å². The van der Waals surface area contributed by atoms with Crippen molar-refractivity contribution in [3.8, 4) is 0 Å². The van der Waals surface area contributed by atoms with Gasteiger partial charge in [0.2, 0.25) is 0 Å². The van der Waals surface area contributed by atoms with Gasteiger partial charge in [0, 0.05) is 21.9 Å². The van der Waals surface area contributed by atoms with Gasteiger partial charge in [0.15, 0.2) is 0 Å². The first kappa shape index (κ1) is 18.1. The van der Waals surface area contributed by atoms with Crippen molar-refractivity contribution in [3.63, 3.8) is 0 Å². The molecular weight excluding hydrogens is 380 g/mol. The summed E-state index contributed by atoms with van der Waals surface area (Å²) in [5.74, 6) is 0.00604. The molecule has 134 valence electrons. The number of nitrogens with zero attached hydrogens (tertiary/aromatic N) is 1. The minimum Gasteiger partial charge on any atom is -0.466 e. The summed E-state index contributed by atoms with van der Waals surface area (Å²) >= 11 is 7.29. The van der Waals surface area contributed by atoms with Gasteiger partial charge in [-0.05, 0) is 30.3 Å². The molecule has 9 heteroatoms. The Morgan fingerprint density at radius 2 is 2.15 bits per heavy atom. The van der Waals surface area contributed by atoms with E-state index in [1.54, 1.807) is 24.3 Å². The lowest BCUT2D eigenvalue weighted by atomic mass is 10.2. The summed E-state index contributed by atoms with van der Waals surface area (Å²) in [5.41, 5.74) is -0.0222. The monoisotopic (exact) mass is 392 g/mol. The second-order valence-corrected chi connectivity index (χ2v) is 6.93. The molecule has 2 N–H and O–H groups in total. The van der Waals surface area contributed by atoms with E-state index in [1.807, 2.05) is 0 Å². The van der Waals surface area contributed by atoms with Crippen molar-refractivity contribution in [2.45, 2.75) is 12.6 Å². The fraction of sp³-hybridized carbons (Fsp3) is 0.118. The number of hydrogen-bond acceptors (Lipinski definition) is 6. The quantitative estimate of drug-likeness (QED) is 0.488. The van der Waals surface area contributed by atoms with Crippen molar-refractivity contribution >= 4 is 34.5 Å². The molecular formula is C17H13ClN2O5S. The summed E-state index contributed by atoms with van der Waals surface area (Å²) < 4.78 is 5.18. The maximum atomic E-state index is 12.2. The predicted molar refractivity (Wildman–Crippen MR) is 96.4 cm³/mol. The third-order valence-corrected chi connectivity index (χ3v) is 5.05. The van der Waals surface area contributed by atoms with Crippen molar-refractivity contribution in [1.29, 1.82) is 0 Å². The largest absolute Gasteiger partial charge is 0.466 e. The summed E-state index contributed by atoms with van der Waals surface area (Å²) in [5, 5.41) is 23.6. The van der Waals surface area contributed by atoms with Gasteiger partial charge in [-0.2, -0.15) is 0 Å². The zero-order chi connectivity index (χ0) is 18.7. The fourth-order valence-electron chi connectivity index (χ4n) is 2.29. The Hall–Kier alpha value is -2.68. The van der Waals surface area contributed by atoms with Crippen molar-refractivity contribution in [2.75, 3.05) is 0 Å². The number of carbonyl (C=O) groups is 1. The molecule has 1 amide bonds. The molecule has 1 aromatic carbocycles. The van der Waals surface area contributed by atoms with Gasteiger partial charge < -0.3 is 14.8 Å². The number of halogens is 1. The van der Waals surface area contributed by atoms with Gasteiger partial charge in [-0.3, -0.25) is 14.9 Å². The number of aliphatic hydroxyl groups excluding tert-OH is 1. The van der Waals surface area contributed by atoms with Crippen LogP contribution < -0.4 is 5.32 Å². The minimum absolute atomic E-state index is 0.0109. The molecule has 3 rings (SSSR count). The molecule has 0 aliphatic carbocycles. The highest BCUT2D eigenvalue weighted by molar-refractivity contribution is 7.12. The van der Waals surface area contributed by atoms with Crippen LogP contribution in [0.25, 0.3) is 0 Å². The van der Waals surface area contributed by atoms with E-state index in [-0.39, 0.29) is 22.8 Å². The molecule has 0 spiro atoms. The lowest BCUT2D eigenvalue weighted by molar-refractivity contribution is -0.384. The van der Waals surface area contributed by atoms with E-state index in [9.17, 15) is 20.0 Å². The van der Waals surface area contributed by atoms with E-state index >= 15 is 0 Å². The third-order valence-electron chi connectivity index (χ3n) is 3.60. The molecule has 0 radical (unpaired) electrons. The molecule has 2 heterocycles. The zero-order valence-electron chi connectivity index (χ0n) is 13.2. The van der Waals surface area contributed by atoms with Gasteiger partial charge in [-0.1, -0.05) is 11.6 Å². The number of nitrogens with one attached hydrogen (secondary N) is 1. The lowest BCUT2D eigenvalue weighted by Gasteiger charge is -2.06. The molecule has 26 heavy (non-hydrogen) atoms. The van der Waals surface area contributed by atoms with Gasteiger partial charge in [-0.25, -0.2) is 0 Å². The molecule has 0 aliphatic heterocycles. The number of carbonyl (C=O) groups excluding carboxylic acids is 1. The third kappa shape index (κ3) is 3.93. The van der Waals surface area contributed by atoms with Gasteiger partial charge in [-0.15, -0.1) is 11.3 Å². The second-order valence-electron chi connectivity index (χ2n) is 5.33. The SMILES string of the molecule is O=C(NCc1ccc(C(O)c2ccco2)s1)c1ccc([N+](=O)[O-])cc1Cl. The van der Waals surface area contributed by atoms with Gasteiger partial charge in [0.25, 0.3) is 11.6 Å². The number of benzene rings is 1. The highest BCUT2D eigenvalue weighted by atomic mass is 35.5.